The highest BCUT2D eigenvalue weighted by Crippen LogP contribution is 2.01. The normalized spacial score (nSPS) is 10.7. The first-order valence-corrected chi connectivity index (χ1v) is 5.35. The maximum atomic E-state index is 8.93. The number of hydrogen-bond donors (Lipinski definition) is 2. The molecular weight excluding hydrogens is 212 g/mol. The molecule has 0 radical (unpaired) electrons. The SMILES string of the molecule is Cc1cc(C)[n+](CCO)c(=S)n1CCO. The Kier molecular flexibility index (Phi) is 4.38. The molecule has 0 bridgehead atoms. The molecule has 1 aromatic rings. The summed E-state index contributed by atoms with van der Waals surface area (Å²) in [7, 11) is 0. The highest BCUT2D eigenvalue weighted by Gasteiger charge is 2.12. The average Bonchev–Trinajstić information content (AvgIpc) is 2.19. The summed E-state index contributed by atoms with van der Waals surface area (Å²) in [6.07, 6.45) is 0. The fourth-order valence-electron chi connectivity index (χ4n) is 1.65. The fourth-order valence-corrected chi connectivity index (χ4v) is 2.12. The van der Waals surface area contributed by atoms with Crippen LogP contribution in [0.15, 0.2) is 6.07 Å². The van der Waals surface area contributed by atoms with Gasteiger partial charge in [0.05, 0.1) is 13.2 Å². The second-order valence-corrected chi connectivity index (χ2v) is 3.83. The maximum absolute atomic E-state index is 8.93. The van der Waals surface area contributed by atoms with Crippen LogP contribution in [0.5, 0.6) is 0 Å². The van der Waals surface area contributed by atoms with Gasteiger partial charge in [0.15, 0.2) is 0 Å². The van der Waals surface area contributed by atoms with E-state index in [2.05, 4.69) is 0 Å². The molecule has 0 unspecified atom stereocenters. The summed E-state index contributed by atoms with van der Waals surface area (Å²) in [5.74, 6) is 0. The van der Waals surface area contributed by atoms with E-state index >= 15 is 0 Å². The Labute approximate surface area is 94.4 Å². The number of aryl methyl sites for hydroxylation is 2. The second-order valence-electron chi connectivity index (χ2n) is 3.46. The van der Waals surface area contributed by atoms with Crippen molar-refractivity contribution in [3.05, 3.63) is 22.2 Å². The Morgan fingerprint density at radius 2 is 2.00 bits per heavy atom. The van der Waals surface area contributed by atoms with Gasteiger partial charge in [-0.05, 0) is 13.8 Å². The van der Waals surface area contributed by atoms with E-state index in [0.717, 1.165) is 11.4 Å². The minimum atomic E-state index is 0.0668. The van der Waals surface area contributed by atoms with Crippen LogP contribution in [0.3, 0.4) is 0 Å². The molecule has 0 aromatic carbocycles. The van der Waals surface area contributed by atoms with Crippen molar-refractivity contribution < 1.29 is 14.8 Å². The lowest BCUT2D eigenvalue weighted by atomic mass is 10.3. The van der Waals surface area contributed by atoms with E-state index in [9.17, 15) is 0 Å². The van der Waals surface area contributed by atoms with E-state index in [1.54, 1.807) is 0 Å². The van der Waals surface area contributed by atoms with Gasteiger partial charge in [-0.2, -0.15) is 0 Å². The first-order valence-electron chi connectivity index (χ1n) is 4.94. The number of nitrogens with zero attached hydrogens (tertiary/aromatic N) is 2. The molecule has 4 nitrogen and oxygen atoms in total. The number of aliphatic hydroxyl groups is 2. The zero-order valence-corrected chi connectivity index (χ0v) is 9.92. The van der Waals surface area contributed by atoms with Gasteiger partial charge in [-0.1, -0.05) is 0 Å². The predicted octanol–water partition coefficient (Wildman–Crippen LogP) is 0.107. The molecule has 0 fully saturated rings. The van der Waals surface area contributed by atoms with Crippen molar-refractivity contribution in [3.8, 4) is 0 Å². The molecule has 0 aliphatic rings. The van der Waals surface area contributed by atoms with Gasteiger partial charge in [-0.15, -0.1) is 0 Å². The van der Waals surface area contributed by atoms with Crippen molar-refractivity contribution in [1.29, 1.82) is 0 Å². The molecule has 15 heavy (non-hydrogen) atoms. The van der Waals surface area contributed by atoms with Gasteiger partial charge >= 0.3 is 4.77 Å². The van der Waals surface area contributed by atoms with Gasteiger partial charge in [0.25, 0.3) is 0 Å². The van der Waals surface area contributed by atoms with E-state index in [0.29, 0.717) is 17.9 Å². The van der Waals surface area contributed by atoms with E-state index in [-0.39, 0.29) is 13.2 Å². The zero-order valence-electron chi connectivity index (χ0n) is 9.10. The molecule has 1 rings (SSSR count). The molecule has 1 aromatic heterocycles. The predicted molar refractivity (Wildman–Crippen MR) is 59.1 cm³/mol. The van der Waals surface area contributed by atoms with E-state index < -0.39 is 0 Å². The van der Waals surface area contributed by atoms with Crippen molar-refractivity contribution in [2.75, 3.05) is 13.2 Å². The smallest absolute Gasteiger partial charge is 0.351 e. The average molecular weight is 229 g/mol. The summed E-state index contributed by atoms with van der Waals surface area (Å²) in [5, 5.41) is 17.9. The molecule has 0 aliphatic carbocycles. The number of rotatable bonds is 4. The van der Waals surface area contributed by atoms with Gasteiger partial charge in [0.2, 0.25) is 0 Å². The van der Waals surface area contributed by atoms with Crippen LogP contribution in [0.4, 0.5) is 0 Å². The van der Waals surface area contributed by atoms with Gasteiger partial charge in [-0.3, -0.25) is 0 Å². The Balaban J connectivity index is 3.29. The summed E-state index contributed by atoms with van der Waals surface area (Å²) in [6.45, 7) is 5.05. The standard InChI is InChI=1S/C10H17N2O2S/c1-8-7-9(2)12(4-6-14)10(15)11(8)3-5-13/h7,13-14H,3-6H2,1-2H3/q+1. The first-order chi connectivity index (χ1) is 7.11. The van der Waals surface area contributed by atoms with Crippen LogP contribution in [-0.4, -0.2) is 28.0 Å². The molecular formula is C10H17N2O2S+. The summed E-state index contributed by atoms with van der Waals surface area (Å²) in [6, 6.07) is 2.00. The molecule has 0 spiro atoms. The number of aliphatic hydroxyl groups excluding tert-OH is 2. The maximum Gasteiger partial charge on any atom is 0.351 e. The van der Waals surface area contributed by atoms with Gasteiger partial charge in [0, 0.05) is 18.3 Å². The van der Waals surface area contributed by atoms with Crippen LogP contribution in [0.25, 0.3) is 0 Å². The molecule has 2 N–H and O–H groups in total. The molecule has 84 valence electrons. The van der Waals surface area contributed by atoms with Gasteiger partial charge in [-0.25, -0.2) is 9.13 Å². The van der Waals surface area contributed by atoms with Gasteiger partial charge < -0.3 is 10.2 Å². The quantitative estimate of drug-likeness (QED) is 0.569. The fraction of sp³-hybridized carbons (Fsp3) is 0.600. The second kappa shape index (κ2) is 5.34. The molecule has 0 saturated carbocycles. The highest BCUT2D eigenvalue weighted by atomic mass is 32.1. The van der Waals surface area contributed by atoms with Crippen molar-refractivity contribution >= 4 is 12.2 Å². The Morgan fingerprint density at radius 3 is 2.53 bits per heavy atom. The lowest BCUT2D eigenvalue weighted by molar-refractivity contribution is -0.714. The van der Waals surface area contributed by atoms with E-state index in [1.165, 1.54) is 0 Å². The third-order valence-corrected chi connectivity index (χ3v) is 2.82. The Morgan fingerprint density at radius 1 is 1.33 bits per heavy atom. The molecule has 1 heterocycles. The van der Waals surface area contributed by atoms with Crippen molar-refractivity contribution in [2.45, 2.75) is 26.9 Å². The Hall–Kier alpha value is -0.780. The lowest BCUT2D eigenvalue weighted by Gasteiger charge is -2.08. The number of hydrogen-bond acceptors (Lipinski definition) is 3. The monoisotopic (exact) mass is 229 g/mol. The number of aromatic nitrogens is 2. The van der Waals surface area contributed by atoms with Crippen LogP contribution in [0, 0.1) is 18.6 Å². The summed E-state index contributed by atoms with van der Waals surface area (Å²) >= 11 is 5.30. The van der Waals surface area contributed by atoms with Crippen molar-refractivity contribution in [1.82, 2.24) is 4.57 Å². The lowest BCUT2D eigenvalue weighted by Crippen LogP contribution is -2.43. The van der Waals surface area contributed by atoms with E-state index in [4.69, 9.17) is 22.4 Å². The largest absolute Gasteiger partial charge is 0.392 e. The molecule has 5 heteroatoms. The van der Waals surface area contributed by atoms with Crippen LogP contribution < -0.4 is 4.57 Å². The Bertz CT molecular complexity index is 368. The molecule has 0 amide bonds. The topological polar surface area (TPSA) is 49.3 Å². The highest BCUT2D eigenvalue weighted by molar-refractivity contribution is 7.71. The minimum Gasteiger partial charge on any atom is -0.392 e. The summed E-state index contributed by atoms with van der Waals surface area (Å²) < 4.78 is 4.39. The van der Waals surface area contributed by atoms with Crippen LogP contribution in [0.1, 0.15) is 11.4 Å². The first kappa shape index (κ1) is 12.3. The molecule has 0 atom stereocenters. The van der Waals surface area contributed by atoms with Crippen LogP contribution >= 0.6 is 12.2 Å². The third kappa shape index (κ3) is 2.62. The summed E-state index contributed by atoms with van der Waals surface area (Å²) in [4.78, 5) is 0. The summed E-state index contributed by atoms with van der Waals surface area (Å²) in [5.41, 5.74) is 2.06. The van der Waals surface area contributed by atoms with Crippen molar-refractivity contribution in [3.63, 3.8) is 0 Å². The van der Waals surface area contributed by atoms with E-state index in [1.807, 2.05) is 29.0 Å². The van der Waals surface area contributed by atoms with Gasteiger partial charge in [0.1, 0.15) is 24.5 Å². The zero-order chi connectivity index (χ0) is 11.4. The third-order valence-electron chi connectivity index (χ3n) is 2.38. The van der Waals surface area contributed by atoms with Crippen LogP contribution in [0.2, 0.25) is 0 Å². The van der Waals surface area contributed by atoms with Crippen LogP contribution in [-0.2, 0) is 13.1 Å². The molecule has 0 saturated heterocycles. The van der Waals surface area contributed by atoms with Crippen molar-refractivity contribution in [2.24, 2.45) is 0 Å². The molecule has 0 aliphatic heterocycles. The minimum absolute atomic E-state index is 0.0668.